The van der Waals surface area contributed by atoms with Gasteiger partial charge in [-0.05, 0) is 47.9 Å². The molecular weight excluding hydrogens is 613 g/mol. The van der Waals surface area contributed by atoms with Crippen LogP contribution in [0.3, 0.4) is 0 Å². The summed E-state index contributed by atoms with van der Waals surface area (Å²) in [7, 11) is 0. The largest absolute Gasteiger partial charge is 0.459 e. The zero-order valence-electron chi connectivity index (χ0n) is 27.2. The van der Waals surface area contributed by atoms with E-state index in [0.29, 0.717) is 5.84 Å². The Bertz CT molecular complexity index is 2520. The number of benzene rings is 6. The first-order valence-corrected chi connectivity index (χ1v) is 17.1. The summed E-state index contributed by atoms with van der Waals surface area (Å²) in [6.07, 6.45) is 5.00. The van der Waals surface area contributed by atoms with Crippen molar-refractivity contribution >= 4 is 39.2 Å². The number of aliphatic imine (C=N–C) groups is 2. The number of nitrogens with zero attached hydrogens (tertiary/aromatic N) is 3. The van der Waals surface area contributed by atoms with Crippen LogP contribution in [0.4, 0.5) is 0 Å². The lowest BCUT2D eigenvalue weighted by atomic mass is 9.87. The van der Waals surface area contributed by atoms with Crippen LogP contribution in [0, 0.1) is 0 Å². The third-order valence-corrected chi connectivity index (χ3v) is 10.0. The van der Waals surface area contributed by atoms with Gasteiger partial charge >= 0.3 is 0 Å². The molecule has 5 heteroatoms. The summed E-state index contributed by atoms with van der Waals surface area (Å²) in [5, 5.41) is 6.18. The van der Waals surface area contributed by atoms with Gasteiger partial charge in [-0.25, -0.2) is 9.98 Å². The fourth-order valence-corrected chi connectivity index (χ4v) is 7.75. The Labute approximate surface area is 290 Å². The molecule has 0 saturated carbocycles. The van der Waals surface area contributed by atoms with Gasteiger partial charge in [0.15, 0.2) is 5.84 Å². The summed E-state index contributed by atoms with van der Waals surface area (Å²) in [4.78, 5) is 10.4. The van der Waals surface area contributed by atoms with Crippen molar-refractivity contribution in [2.45, 2.75) is 18.5 Å². The van der Waals surface area contributed by atoms with Crippen LogP contribution in [0.5, 0.6) is 5.75 Å². The highest BCUT2D eigenvalue weighted by Crippen LogP contribution is 2.51. The van der Waals surface area contributed by atoms with Crippen molar-refractivity contribution in [2.24, 2.45) is 9.98 Å². The van der Waals surface area contributed by atoms with Crippen LogP contribution >= 0.6 is 0 Å². The predicted octanol–water partition coefficient (Wildman–Crippen LogP) is 10.3. The van der Waals surface area contributed by atoms with Gasteiger partial charge in [0.2, 0.25) is 0 Å². The van der Waals surface area contributed by atoms with Crippen molar-refractivity contribution < 1.29 is 4.74 Å². The summed E-state index contributed by atoms with van der Waals surface area (Å²) < 4.78 is 9.23. The van der Waals surface area contributed by atoms with E-state index in [2.05, 4.69) is 149 Å². The molecule has 50 heavy (non-hydrogen) atoms. The summed E-state index contributed by atoms with van der Waals surface area (Å²) in [6.45, 7) is 0. The van der Waals surface area contributed by atoms with Crippen molar-refractivity contribution in [1.29, 1.82) is 0 Å². The Balaban J connectivity index is 1.11. The maximum absolute atomic E-state index is 6.87. The zero-order valence-corrected chi connectivity index (χ0v) is 27.2. The number of aromatic nitrogens is 1. The molecule has 2 aliphatic heterocycles. The maximum Gasteiger partial charge on any atom is 0.159 e. The average Bonchev–Trinajstić information content (AvgIpc) is 3.75. The molecule has 2 atom stereocenters. The molecule has 0 fully saturated rings. The van der Waals surface area contributed by atoms with Crippen LogP contribution < -0.4 is 10.1 Å². The fraction of sp³-hybridized carbons (Fsp3) is 0.0667. The molecule has 1 aliphatic carbocycles. The topological polar surface area (TPSA) is 50.9 Å². The Kier molecular flexibility index (Phi) is 6.62. The second kappa shape index (κ2) is 11.6. The minimum absolute atomic E-state index is 0.0574. The number of nitrogens with one attached hydrogen (secondary N) is 1. The third kappa shape index (κ3) is 4.62. The van der Waals surface area contributed by atoms with Crippen molar-refractivity contribution in [3.63, 3.8) is 0 Å². The summed E-state index contributed by atoms with van der Waals surface area (Å²) in [5.74, 6) is 3.42. The SMILES string of the molecule is C1=CC(n2c3ccccc3c3ccccc32)=C2Oc3cccc(C4N=C(c5cccc(-c6ccccc6)c5)N=C(c5ccccc5)N4)c3C2C1. The Hall–Kier alpha value is -6.46. The molecule has 6 aromatic carbocycles. The summed E-state index contributed by atoms with van der Waals surface area (Å²) in [6, 6.07) is 52.9. The first kappa shape index (κ1) is 28.5. The maximum atomic E-state index is 6.87. The first-order valence-electron chi connectivity index (χ1n) is 17.1. The van der Waals surface area contributed by atoms with Crippen LogP contribution in [-0.2, 0) is 0 Å². The van der Waals surface area contributed by atoms with E-state index in [-0.39, 0.29) is 12.1 Å². The van der Waals surface area contributed by atoms with Crippen LogP contribution in [0.25, 0.3) is 38.6 Å². The van der Waals surface area contributed by atoms with Gasteiger partial charge < -0.3 is 14.6 Å². The standard InChI is InChI=1S/C45H32N4O/c1-3-14-29(15-4-1)31-18-11-19-32(28-31)44-46-43(30-16-5-2-6-17-30)47-45(48-44)36-23-13-27-40-41(36)35-22-12-26-39(42(35)50-40)49-37-24-9-7-20-33(37)34-21-8-10-25-38(34)49/h1-21,23-28,35,45H,22H2,(H,46,47,48). The second-order valence-electron chi connectivity index (χ2n) is 12.9. The van der Waals surface area contributed by atoms with Gasteiger partial charge in [-0.15, -0.1) is 0 Å². The minimum atomic E-state index is -0.362. The third-order valence-electron chi connectivity index (χ3n) is 10.0. The molecule has 238 valence electrons. The van der Waals surface area contributed by atoms with Gasteiger partial charge in [0, 0.05) is 33.0 Å². The highest BCUT2D eigenvalue weighted by Gasteiger charge is 2.38. The monoisotopic (exact) mass is 644 g/mol. The highest BCUT2D eigenvalue weighted by atomic mass is 16.5. The van der Waals surface area contributed by atoms with Gasteiger partial charge in [0.25, 0.3) is 0 Å². The van der Waals surface area contributed by atoms with E-state index in [1.54, 1.807) is 0 Å². The molecule has 0 saturated heterocycles. The molecule has 3 heterocycles. The quantitative estimate of drug-likeness (QED) is 0.203. The number of rotatable bonds is 5. The molecule has 2 unspecified atom stereocenters. The molecular formula is C45H32N4O. The molecule has 3 aliphatic rings. The number of para-hydroxylation sites is 2. The van der Waals surface area contributed by atoms with Crippen LogP contribution in [0.15, 0.2) is 180 Å². The van der Waals surface area contributed by atoms with Gasteiger partial charge in [-0.3, -0.25) is 0 Å². The number of fused-ring (bicyclic) bond motifs is 6. The molecule has 1 N–H and O–H groups in total. The Morgan fingerprint density at radius 2 is 1.26 bits per heavy atom. The number of hydrogen-bond acceptors (Lipinski definition) is 4. The molecule has 5 nitrogen and oxygen atoms in total. The smallest absolute Gasteiger partial charge is 0.159 e. The predicted molar refractivity (Wildman–Crippen MR) is 203 cm³/mol. The lowest BCUT2D eigenvalue weighted by molar-refractivity contribution is 0.426. The molecule has 0 spiro atoms. The molecule has 10 rings (SSSR count). The lowest BCUT2D eigenvalue weighted by Gasteiger charge is -2.26. The minimum Gasteiger partial charge on any atom is -0.459 e. The number of hydrogen-bond donors (Lipinski definition) is 1. The number of ether oxygens (including phenoxy) is 1. The van der Waals surface area contributed by atoms with E-state index in [9.17, 15) is 0 Å². The highest BCUT2D eigenvalue weighted by molar-refractivity contribution is 6.13. The normalized spacial score (nSPS) is 17.9. The van der Waals surface area contributed by atoms with Gasteiger partial charge in [-0.2, -0.15) is 0 Å². The first-order chi connectivity index (χ1) is 24.8. The Morgan fingerprint density at radius 3 is 2.02 bits per heavy atom. The molecule has 0 bridgehead atoms. The number of amidine groups is 2. The van der Waals surface area contributed by atoms with E-state index >= 15 is 0 Å². The molecule has 0 amide bonds. The van der Waals surface area contributed by atoms with Gasteiger partial charge in [0.1, 0.15) is 23.5 Å². The van der Waals surface area contributed by atoms with Crippen molar-refractivity contribution in [1.82, 2.24) is 9.88 Å². The van der Waals surface area contributed by atoms with Crippen molar-refractivity contribution in [2.75, 3.05) is 0 Å². The van der Waals surface area contributed by atoms with E-state index in [0.717, 1.165) is 57.3 Å². The van der Waals surface area contributed by atoms with Crippen LogP contribution in [-0.4, -0.2) is 16.2 Å². The second-order valence-corrected chi connectivity index (χ2v) is 12.9. The lowest BCUT2D eigenvalue weighted by Crippen LogP contribution is -2.34. The molecule has 1 aromatic heterocycles. The van der Waals surface area contributed by atoms with Crippen LogP contribution in [0.1, 0.15) is 40.8 Å². The van der Waals surface area contributed by atoms with Gasteiger partial charge in [-0.1, -0.05) is 133 Å². The molecule has 7 aromatic rings. The van der Waals surface area contributed by atoms with Crippen LogP contribution in [0.2, 0.25) is 0 Å². The van der Waals surface area contributed by atoms with E-state index in [1.165, 1.54) is 27.4 Å². The number of allylic oxidation sites excluding steroid dienone is 4. The van der Waals surface area contributed by atoms with E-state index in [1.807, 2.05) is 24.3 Å². The van der Waals surface area contributed by atoms with E-state index < -0.39 is 0 Å². The molecule has 0 radical (unpaired) electrons. The van der Waals surface area contributed by atoms with Crippen molar-refractivity contribution in [3.8, 4) is 16.9 Å². The summed E-state index contributed by atoms with van der Waals surface area (Å²) in [5.41, 5.74) is 9.98. The van der Waals surface area contributed by atoms with Crippen molar-refractivity contribution in [3.05, 3.63) is 192 Å². The summed E-state index contributed by atoms with van der Waals surface area (Å²) >= 11 is 0. The average molecular weight is 645 g/mol. The van der Waals surface area contributed by atoms with E-state index in [4.69, 9.17) is 14.7 Å². The zero-order chi connectivity index (χ0) is 33.0. The Morgan fingerprint density at radius 1 is 0.620 bits per heavy atom. The fourth-order valence-electron chi connectivity index (χ4n) is 7.75. The van der Waals surface area contributed by atoms with Gasteiger partial charge in [0.05, 0.1) is 22.6 Å².